The Morgan fingerprint density at radius 3 is 1.18 bits per heavy atom. The van der Waals surface area contributed by atoms with Crippen molar-refractivity contribution in [3.8, 4) is 0 Å². The highest BCUT2D eigenvalue weighted by atomic mass is 16.8. The average molecular weight is 156 g/mol. The Kier molecular flexibility index (Phi) is 0.736. The summed E-state index contributed by atoms with van der Waals surface area (Å²) in [6.07, 6.45) is 0. The lowest BCUT2D eigenvalue weighted by Gasteiger charge is -1.83. The zero-order chi connectivity index (χ0) is 8.17. The minimum atomic E-state index is -0.863. The summed E-state index contributed by atoms with van der Waals surface area (Å²) >= 11 is 0. The van der Waals surface area contributed by atoms with E-state index in [4.69, 9.17) is 0 Å². The van der Waals surface area contributed by atoms with Crippen molar-refractivity contribution in [1.29, 1.82) is 0 Å². The van der Waals surface area contributed by atoms with Crippen molar-refractivity contribution in [2.75, 3.05) is 0 Å². The lowest BCUT2D eigenvalue weighted by atomic mass is 11.1. The Morgan fingerprint density at radius 1 is 0.727 bits per heavy atom. The maximum Gasteiger partial charge on any atom is 0.358 e. The predicted octanol–water partition coefficient (Wildman–Crippen LogP) is -3.63. The largest absolute Gasteiger partial charge is 0.358 e. The summed E-state index contributed by atoms with van der Waals surface area (Å²) in [5, 5.41) is 0. The Bertz CT molecular complexity index is 443. The van der Waals surface area contributed by atoms with Gasteiger partial charge in [-0.15, -0.1) is 0 Å². The molecular weight excluding hydrogens is 156 g/mol. The minimum Gasteiger partial charge on any atom is -0.268 e. The van der Waals surface area contributed by atoms with Gasteiger partial charge in [-0.3, -0.25) is 24.1 Å². The third-order valence-corrected chi connectivity index (χ3v) is 1.17. The molecule has 56 valence electrons. The SMILES string of the molecule is O=c1c(=O)n1On1c(=O)c1=O. The molecule has 7 heteroatoms. The zero-order valence-corrected chi connectivity index (χ0v) is 4.94. The van der Waals surface area contributed by atoms with Crippen LogP contribution in [0.5, 0.6) is 0 Å². The van der Waals surface area contributed by atoms with Gasteiger partial charge in [0, 0.05) is 0 Å². The van der Waals surface area contributed by atoms with Gasteiger partial charge in [0.05, 0.1) is 0 Å². The third-order valence-electron chi connectivity index (χ3n) is 1.17. The molecule has 0 aliphatic carbocycles. The van der Waals surface area contributed by atoms with Crippen molar-refractivity contribution in [2.24, 2.45) is 0 Å². The van der Waals surface area contributed by atoms with Crippen LogP contribution in [0, 0.1) is 0 Å². The summed E-state index contributed by atoms with van der Waals surface area (Å²) in [5.74, 6) is 0. The van der Waals surface area contributed by atoms with Crippen LogP contribution in [0.25, 0.3) is 0 Å². The molecule has 11 heavy (non-hydrogen) atoms. The molecule has 2 aromatic heterocycles. The van der Waals surface area contributed by atoms with Gasteiger partial charge in [-0.2, -0.15) is 0 Å². The first-order valence-electron chi connectivity index (χ1n) is 2.58. The lowest BCUT2D eigenvalue weighted by molar-refractivity contribution is 0.0614. The Balaban J connectivity index is 2.29. The molecule has 0 amide bonds. The zero-order valence-electron chi connectivity index (χ0n) is 4.94. The van der Waals surface area contributed by atoms with Crippen LogP contribution in [-0.2, 0) is 0 Å². The molecule has 0 N–H and O–H groups in total. The lowest BCUT2D eigenvalue weighted by Crippen LogP contribution is -2.16. The molecule has 0 unspecified atom stereocenters. The van der Waals surface area contributed by atoms with Crippen molar-refractivity contribution >= 4 is 0 Å². The third kappa shape index (κ3) is 0.613. The minimum absolute atomic E-state index is 0.322. The van der Waals surface area contributed by atoms with Crippen molar-refractivity contribution in [3.05, 3.63) is 41.4 Å². The second-order valence-electron chi connectivity index (χ2n) is 1.89. The number of hydrogen-bond acceptors (Lipinski definition) is 5. The molecule has 2 rings (SSSR count). The molecule has 0 spiro atoms. The second-order valence-corrected chi connectivity index (χ2v) is 1.89. The summed E-state index contributed by atoms with van der Waals surface area (Å²) in [6, 6.07) is 0. The Morgan fingerprint density at radius 2 is 1.00 bits per heavy atom. The maximum absolute atomic E-state index is 10.2. The standard InChI is InChI=1S/C4N2O5/c7-1-2(8)5(1)11-6-3(9)4(6)10. The number of aromatic nitrogens is 2. The molecule has 0 saturated heterocycles. The van der Waals surface area contributed by atoms with Crippen LogP contribution in [0.2, 0.25) is 0 Å². The van der Waals surface area contributed by atoms with E-state index in [1.807, 2.05) is 0 Å². The topological polar surface area (TPSA) is 87.4 Å². The summed E-state index contributed by atoms with van der Waals surface area (Å²) < 4.78 is 0.644. The van der Waals surface area contributed by atoms with Gasteiger partial charge < -0.3 is 0 Å². The van der Waals surface area contributed by atoms with E-state index < -0.39 is 22.2 Å². The van der Waals surface area contributed by atoms with E-state index in [-0.39, 0.29) is 0 Å². The van der Waals surface area contributed by atoms with Gasteiger partial charge in [0.15, 0.2) is 0 Å². The molecule has 2 heterocycles. The van der Waals surface area contributed by atoms with Crippen LogP contribution in [-0.4, -0.2) is 9.46 Å². The van der Waals surface area contributed by atoms with Gasteiger partial charge in [0.25, 0.3) is 0 Å². The highest BCUT2D eigenvalue weighted by Gasteiger charge is 2.26. The molecule has 0 saturated carbocycles. The van der Waals surface area contributed by atoms with Crippen molar-refractivity contribution < 1.29 is 4.94 Å². The van der Waals surface area contributed by atoms with Gasteiger partial charge >= 0.3 is 22.2 Å². The van der Waals surface area contributed by atoms with Gasteiger partial charge in [0.2, 0.25) is 0 Å². The van der Waals surface area contributed by atoms with Gasteiger partial charge in [-0.1, -0.05) is 9.46 Å². The van der Waals surface area contributed by atoms with E-state index in [0.29, 0.717) is 9.46 Å². The molecule has 0 atom stereocenters. The van der Waals surface area contributed by atoms with E-state index in [1.165, 1.54) is 0 Å². The Hall–Kier alpha value is -1.92. The highest BCUT2D eigenvalue weighted by molar-refractivity contribution is 4.87. The van der Waals surface area contributed by atoms with E-state index in [0.717, 1.165) is 0 Å². The van der Waals surface area contributed by atoms with Crippen LogP contribution in [0.1, 0.15) is 0 Å². The van der Waals surface area contributed by atoms with Crippen LogP contribution in [0.3, 0.4) is 0 Å². The van der Waals surface area contributed by atoms with E-state index in [1.54, 1.807) is 0 Å². The van der Waals surface area contributed by atoms with E-state index >= 15 is 0 Å². The fourth-order valence-corrected chi connectivity index (χ4v) is 0.474. The van der Waals surface area contributed by atoms with Crippen LogP contribution < -0.4 is 27.2 Å². The monoisotopic (exact) mass is 156 g/mol. The summed E-state index contributed by atoms with van der Waals surface area (Å²) in [4.78, 5) is 45.0. The van der Waals surface area contributed by atoms with Crippen molar-refractivity contribution in [2.45, 2.75) is 0 Å². The van der Waals surface area contributed by atoms with Gasteiger partial charge in [-0.25, -0.2) is 0 Å². The molecule has 0 aliphatic rings. The predicted molar refractivity (Wildman–Crippen MR) is 30.7 cm³/mol. The molecule has 7 nitrogen and oxygen atoms in total. The molecule has 2 aromatic rings. The number of hydrogen-bond donors (Lipinski definition) is 0. The van der Waals surface area contributed by atoms with E-state index in [2.05, 4.69) is 4.94 Å². The Labute approximate surface area is 57.0 Å². The smallest absolute Gasteiger partial charge is 0.268 e. The fourth-order valence-electron chi connectivity index (χ4n) is 0.474. The fraction of sp³-hybridized carbons (Fsp3) is 0. The van der Waals surface area contributed by atoms with Crippen molar-refractivity contribution in [3.63, 3.8) is 0 Å². The summed E-state index contributed by atoms with van der Waals surface area (Å²) in [6.45, 7) is 0. The van der Waals surface area contributed by atoms with Crippen LogP contribution >= 0.6 is 0 Å². The molecule has 0 bridgehead atoms. The molecular formula is C4N2O5. The molecule has 0 radical (unpaired) electrons. The second kappa shape index (κ2) is 1.39. The molecule has 0 aromatic carbocycles. The van der Waals surface area contributed by atoms with Crippen LogP contribution in [0.4, 0.5) is 0 Å². The van der Waals surface area contributed by atoms with Gasteiger partial charge in [-0.05, 0) is 0 Å². The maximum atomic E-state index is 10.2. The van der Waals surface area contributed by atoms with Gasteiger partial charge in [0.1, 0.15) is 0 Å². The summed E-state index contributed by atoms with van der Waals surface area (Å²) in [5.41, 5.74) is -3.45. The average Bonchev–Trinajstić information content (AvgIpc) is 2.72. The first-order valence-corrected chi connectivity index (χ1v) is 2.58. The first kappa shape index (κ1) is 5.83. The normalized spacial score (nSPS) is 11.3. The highest BCUT2D eigenvalue weighted by Crippen LogP contribution is 1.66. The van der Waals surface area contributed by atoms with Crippen LogP contribution in [0.15, 0.2) is 19.2 Å². The molecule has 0 fully saturated rings. The summed E-state index contributed by atoms with van der Waals surface area (Å²) in [7, 11) is 0. The number of nitrogens with zero attached hydrogens (tertiary/aromatic N) is 2. The first-order chi connectivity index (χ1) is 5.13. The van der Waals surface area contributed by atoms with E-state index in [9.17, 15) is 19.2 Å². The van der Waals surface area contributed by atoms with Crippen molar-refractivity contribution in [1.82, 2.24) is 9.46 Å². The quantitative estimate of drug-likeness (QED) is 0.419. The molecule has 0 aliphatic heterocycles. The number of rotatable bonds is 2.